The van der Waals surface area contributed by atoms with Gasteiger partial charge in [0.15, 0.2) is 5.58 Å². The van der Waals surface area contributed by atoms with Crippen molar-refractivity contribution in [2.45, 2.75) is 31.6 Å². The first-order valence-corrected chi connectivity index (χ1v) is 9.44. The molecule has 0 spiro atoms. The summed E-state index contributed by atoms with van der Waals surface area (Å²) in [5.74, 6) is -0.476. The molecule has 0 aliphatic carbocycles. The minimum Gasteiger partial charge on any atom is -0.478 e. The number of thioether (sulfide) groups is 1. The van der Waals surface area contributed by atoms with Crippen LogP contribution in [0.5, 0.6) is 0 Å². The summed E-state index contributed by atoms with van der Waals surface area (Å²) < 4.78 is 5.95. The molecule has 0 saturated carbocycles. The number of benzene rings is 2. The van der Waals surface area contributed by atoms with Gasteiger partial charge in [0.05, 0.1) is 21.2 Å². The first-order chi connectivity index (χ1) is 11.9. The third-order valence-corrected chi connectivity index (χ3v) is 5.02. The van der Waals surface area contributed by atoms with Crippen molar-refractivity contribution >= 4 is 39.7 Å². The van der Waals surface area contributed by atoms with E-state index in [-0.39, 0.29) is 11.0 Å². The lowest BCUT2D eigenvalue weighted by Crippen LogP contribution is -2.06. The monoisotopic (exact) mass is 356 g/mol. The lowest BCUT2D eigenvalue weighted by atomic mass is 10.0. The van der Waals surface area contributed by atoms with Crippen LogP contribution in [0.15, 0.2) is 44.4 Å². The Morgan fingerprint density at radius 2 is 1.96 bits per heavy atom. The van der Waals surface area contributed by atoms with Gasteiger partial charge in [0, 0.05) is 0 Å². The smallest absolute Gasteiger partial charge is 0.335 e. The van der Waals surface area contributed by atoms with E-state index in [0.717, 1.165) is 23.3 Å². The molecule has 1 heterocycles. The van der Waals surface area contributed by atoms with E-state index in [1.165, 1.54) is 12.1 Å². The van der Waals surface area contributed by atoms with E-state index in [2.05, 4.69) is 19.9 Å². The normalized spacial score (nSPS) is 11.5. The molecule has 0 saturated heterocycles. The Morgan fingerprint density at radius 1 is 1.20 bits per heavy atom. The maximum Gasteiger partial charge on any atom is 0.335 e. The second-order valence-electron chi connectivity index (χ2n) is 6.55. The number of fused-ring (bicyclic) bond motifs is 2. The van der Waals surface area contributed by atoms with Crippen LogP contribution in [0.4, 0.5) is 0 Å². The molecule has 1 aromatic heterocycles. The van der Waals surface area contributed by atoms with E-state index < -0.39 is 5.97 Å². The van der Waals surface area contributed by atoms with E-state index >= 15 is 0 Å². The molecule has 0 radical (unpaired) electrons. The summed E-state index contributed by atoms with van der Waals surface area (Å²) in [5.41, 5.74) is 1.99. The third kappa shape index (κ3) is 3.42. The summed E-state index contributed by atoms with van der Waals surface area (Å²) in [4.78, 5) is 25.1. The van der Waals surface area contributed by atoms with Crippen LogP contribution in [-0.2, 0) is 6.42 Å². The van der Waals surface area contributed by atoms with Gasteiger partial charge in [-0.25, -0.2) is 4.79 Å². The summed E-state index contributed by atoms with van der Waals surface area (Å²) in [6.07, 6.45) is 3.90. The lowest BCUT2D eigenvalue weighted by Gasteiger charge is -2.10. The van der Waals surface area contributed by atoms with E-state index in [4.69, 9.17) is 9.52 Å². The van der Waals surface area contributed by atoms with Gasteiger partial charge in [0.25, 0.3) is 0 Å². The lowest BCUT2D eigenvalue weighted by molar-refractivity contribution is 0.0697. The summed E-state index contributed by atoms with van der Waals surface area (Å²) in [5, 5.41) is 9.98. The van der Waals surface area contributed by atoms with Gasteiger partial charge in [-0.2, -0.15) is 0 Å². The maximum atomic E-state index is 13.0. The molecule has 0 fully saturated rings. The topological polar surface area (TPSA) is 67.5 Å². The Hall–Kier alpha value is -2.27. The SMILES string of the molecule is CSc1cc(CCC(C)C)cc2c(=O)c3cc(C(=O)O)ccc3oc12. The van der Waals surface area contributed by atoms with Gasteiger partial charge in [-0.15, -0.1) is 11.8 Å². The molecular weight excluding hydrogens is 336 g/mol. The van der Waals surface area contributed by atoms with Crippen molar-refractivity contribution < 1.29 is 14.3 Å². The number of hydrogen-bond donors (Lipinski definition) is 1. The highest BCUT2D eigenvalue weighted by atomic mass is 32.2. The van der Waals surface area contributed by atoms with Crippen LogP contribution in [0, 0.1) is 5.92 Å². The highest BCUT2D eigenvalue weighted by Crippen LogP contribution is 2.30. The number of carboxylic acid groups (broad SMARTS) is 1. The number of carboxylic acids is 1. The second-order valence-corrected chi connectivity index (χ2v) is 7.40. The zero-order valence-electron chi connectivity index (χ0n) is 14.5. The molecule has 0 unspecified atom stereocenters. The van der Waals surface area contributed by atoms with E-state index in [9.17, 15) is 9.59 Å². The fourth-order valence-corrected chi connectivity index (χ4v) is 3.48. The van der Waals surface area contributed by atoms with E-state index in [1.54, 1.807) is 17.8 Å². The Labute approximate surface area is 149 Å². The van der Waals surface area contributed by atoms with Gasteiger partial charge < -0.3 is 9.52 Å². The molecule has 25 heavy (non-hydrogen) atoms. The highest BCUT2D eigenvalue weighted by molar-refractivity contribution is 7.98. The van der Waals surface area contributed by atoms with Gasteiger partial charge in [0.1, 0.15) is 5.58 Å². The van der Waals surface area contributed by atoms with Crippen molar-refractivity contribution in [3.63, 3.8) is 0 Å². The van der Waals surface area contributed by atoms with Crippen LogP contribution >= 0.6 is 11.8 Å². The Kier molecular flexibility index (Phi) is 4.86. The first kappa shape index (κ1) is 17.5. The van der Waals surface area contributed by atoms with Gasteiger partial charge >= 0.3 is 5.97 Å². The first-order valence-electron chi connectivity index (χ1n) is 8.21. The molecule has 3 rings (SSSR count). The fourth-order valence-electron chi connectivity index (χ4n) is 2.87. The fraction of sp³-hybridized carbons (Fsp3) is 0.300. The molecule has 0 bridgehead atoms. The van der Waals surface area contributed by atoms with Crippen LogP contribution < -0.4 is 5.43 Å². The van der Waals surface area contributed by atoms with Crippen molar-refractivity contribution in [3.05, 3.63) is 51.7 Å². The van der Waals surface area contributed by atoms with Gasteiger partial charge in [0.2, 0.25) is 5.43 Å². The minimum atomic E-state index is -1.06. The zero-order valence-corrected chi connectivity index (χ0v) is 15.3. The number of aryl methyl sites for hydroxylation is 1. The molecule has 2 aromatic carbocycles. The Balaban J connectivity index is 2.27. The van der Waals surface area contributed by atoms with Crippen molar-refractivity contribution in [2.75, 3.05) is 6.26 Å². The molecule has 3 aromatic rings. The molecule has 0 amide bonds. The summed E-state index contributed by atoms with van der Waals surface area (Å²) >= 11 is 1.55. The standard InChI is InChI=1S/C20H20O4S/c1-11(2)4-5-12-8-15-18(21)14-10-13(20(22)23)6-7-16(14)24-19(15)17(9-12)25-3/h6-11H,4-5H2,1-3H3,(H,22,23). The molecule has 4 nitrogen and oxygen atoms in total. The van der Waals surface area contributed by atoms with Crippen molar-refractivity contribution in [2.24, 2.45) is 5.92 Å². The number of aromatic carboxylic acids is 1. The van der Waals surface area contributed by atoms with E-state index in [0.29, 0.717) is 27.9 Å². The second kappa shape index (κ2) is 6.92. The van der Waals surface area contributed by atoms with Gasteiger partial charge in [-0.1, -0.05) is 13.8 Å². The predicted octanol–water partition coefficient (Wildman–Crippen LogP) is 4.95. The molecule has 0 atom stereocenters. The minimum absolute atomic E-state index is 0.0835. The number of rotatable bonds is 5. The molecule has 130 valence electrons. The average Bonchev–Trinajstić information content (AvgIpc) is 2.59. The van der Waals surface area contributed by atoms with Gasteiger partial charge in [-0.05, 0) is 60.9 Å². The van der Waals surface area contributed by atoms with Crippen molar-refractivity contribution in [1.82, 2.24) is 0 Å². The largest absolute Gasteiger partial charge is 0.478 e. The molecule has 0 aliphatic rings. The number of carbonyl (C=O) groups is 1. The highest BCUT2D eigenvalue weighted by Gasteiger charge is 2.15. The average molecular weight is 356 g/mol. The Morgan fingerprint density at radius 3 is 2.60 bits per heavy atom. The molecular formula is C20H20O4S. The molecule has 0 aliphatic heterocycles. The summed E-state index contributed by atoms with van der Waals surface area (Å²) in [7, 11) is 0. The summed E-state index contributed by atoms with van der Waals surface area (Å²) in [6.45, 7) is 4.34. The van der Waals surface area contributed by atoms with Crippen LogP contribution in [-0.4, -0.2) is 17.3 Å². The van der Waals surface area contributed by atoms with Crippen molar-refractivity contribution in [1.29, 1.82) is 0 Å². The van der Waals surface area contributed by atoms with Gasteiger partial charge in [-0.3, -0.25) is 4.79 Å². The maximum absolute atomic E-state index is 13.0. The van der Waals surface area contributed by atoms with Crippen LogP contribution in [0.3, 0.4) is 0 Å². The third-order valence-electron chi connectivity index (χ3n) is 4.27. The summed E-state index contributed by atoms with van der Waals surface area (Å²) in [6, 6.07) is 8.36. The Bertz CT molecular complexity index is 1020. The van der Waals surface area contributed by atoms with Crippen LogP contribution in [0.25, 0.3) is 21.9 Å². The van der Waals surface area contributed by atoms with Crippen LogP contribution in [0.2, 0.25) is 0 Å². The molecule has 5 heteroatoms. The van der Waals surface area contributed by atoms with Crippen LogP contribution in [0.1, 0.15) is 36.2 Å². The quantitative estimate of drug-likeness (QED) is 0.517. The predicted molar refractivity (Wildman–Crippen MR) is 102 cm³/mol. The molecule has 1 N–H and O–H groups in total. The van der Waals surface area contributed by atoms with Crippen molar-refractivity contribution in [3.8, 4) is 0 Å². The van der Waals surface area contributed by atoms with E-state index in [1.807, 2.05) is 12.3 Å². The number of hydrogen-bond acceptors (Lipinski definition) is 4. The zero-order chi connectivity index (χ0) is 18.1.